The smallest absolute Gasteiger partial charge is 0.306 e. The molecule has 0 amide bonds. The average molecular weight is 1080 g/mol. The molecule has 0 heterocycles. The molecule has 0 bridgehead atoms. The Kier molecular flexibility index (Phi) is 62.7. The zero-order chi connectivity index (χ0) is 55.7. The predicted octanol–water partition coefficient (Wildman–Crippen LogP) is 22.9. The van der Waals surface area contributed by atoms with Crippen molar-refractivity contribution in [1.82, 2.24) is 0 Å². The van der Waals surface area contributed by atoms with E-state index < -0.39 is 6.10 Å². The van der Waals surface area contributed by atoms with Crippen LogP contribution in [-0.2, 0) is 28.6 Å². The van der Waals surface area contributed by atoms with Gasteiger partial charge in [0.25, 0.3) is 0 Å². The van der Waals surface area contributed by atoms with Crippen LogP contribution >= 0.6 is 0 Å². The van der Waals surface area contributed by atoms with Gasteiger partial charge in [0.05, 0.1) is 0 Å². The second-order valence-corrected chi connectivity index (χ2v) is 22.4. The molecule has 0 radical (unpaired) electrons. The van der Waals surface area contributed by atoms with Crippen LogP contribution in [0.15, 0.2) is 72.9 Å². The number of hydrogen-bond acceptors (Lipinski definition) is 6. The predicted molar refractivity (Wildman–Crippen MR) is 335 cm³/mol. The summed E-state index contributed by atoms with van der Waals surface area (Å²) >= 11 is 0. The molecule has 0 fully saturated rings. The molecule has 1 atom stereocenters. The highest BCUT2D eigenvalue weighted by Gasteiger charge is 2.19. The molecule has 0 saturated heterocycles. The van der Waals surface area contributed by atoms with E-state index in [0.29, 0.717) is 19.3 Å². The molecule has 0 aliphatic heterocycles. The molecule has 0 rings (SSSR count). The van der Waals surface area contributed by atoms with Gasteiger partial charge in [0.15, 0.2) is 6.10 Å². The van der Waals surface area contributed by atoms with E-state index in [1.54, 1.807) is 0 Å². The van der Waals surface area contributed by atoms with Crippen LogP contribution in [0.25, 0.3) is 0 Å². The number of esters is 3. The zero-order valence-corrected chi connectivity index (χ0v) is 51.2. The van der Waals surface area contributed by atoms with Gasteiger partial charge < -0.3 is 14.2 Å². The van der Waals surface area contributed by atoms with E-state index in [0.717, 1.165) is 89.9 Å². The standard InChI is InChI=1S/C71H126O6/c1-4-7-10-13-16-19-22-24-26-28-30-32-33-34-35-36-37-38-40-41-43-45-47-49-52-55-58-61-64-70(73)76-67-68(66-75-69(72)63-60-57-54-51-21-18-15-12-9-6-3)77-71(74)65-62-59-56-53-50-48-46-44-42-39-31-29-27-25-23-20-17-14-11-8-5-2/h8,11,17,20,25,27,31,39,44,46,50,53,68H,4-7,9-10,12-16,18-19,21-24,26,28-30,32-38,40-43,45,47-49,51-52,54-67H2,1-3H3/b11-8-,20-17-,27-25-,39-31-,46-44-,53-50-. The lowest BCUT2D eigenvalue weighted by Crippen LogP contribution is -2.30. The summed E-state index contributed by atoms with van der Waals surface area (Å²) in [4.78, 5) is 38.2. The molecule has 0 aliphatic carbocycles. The Labute approximate surface area is 478 Å². The molecule has 0 aromatic rings. The minimum Gasteiger partial charge on any atom is -0.462 e. The first kappa shape index (κ1) is 73.8. The molecule has 0 aliphatic rings. The van der Waals surface area contributed by atoms with E-state index in [4.69, 9.17) is 14.2 Å². The molecule has 0 N–H and O–H groups in total. The molecule has 1 unspecified atom stereocenters. The first-order chi connectivity index (χ1) is 38.0. The van der Waals surface area contributed by atoms with Crippen LogP contribution in [0.1, 0.15) is 342 Å². The number of ether oxygens (including phenoxy) is 3. The number of carbonyl (C=O) groups excluding carboxylic acids is 3. The van der Waals surface area contributed by atoms with E-state index in [9.17, 15) is 14.4 Å². The van der Waals surface area contributed by atoms with Crippen molar-refractivity contribution in [1.29, 1.82) is 0 Å². The van der Waals surface area contributed by atoms with Crippen LogP contribution in [0, 0.1) is 0 Å². The van der Waals surface area contributed by atoms with Crippen molar-refractivity contribution in [3.8, 4) is 0 Å². The van der Waals surface area contributed by atoms with Gasteiger partial charge in [0, 0.05) is 19.3 Å². The van der Waals surface area contributed by atoms with Gasteiger partial charge in [0.2, 0.25) is 0 Å². The van der Waals surface area contributed by atoms with Crippen LogP contribution in [0.2, 0.25) is 0 Å². The molecule has 77 heavy (non-hydrogen) atoms. The van der Waals surface area contributed by atoms with Crippen molar-refractivity contribution in [2.24, 2.45) is 0 Å². The summed E-state index contributed by atoms with van der Waals surface area (Å²) in [6, 6.07) is 0. The highest BCUT2D eigenvalue weighted by Crippen LogP contribution is 2.18. The van der Waals surface area contributed by atoms with E-state index >= 15 is 0 Å². The van der Waals surface area contributed by atoms with Crippen molar-refractivity contribution in [2.45, 2.75) is 348 Å². The summed E-state index contributed by atoms with van der Waals surface area (Å²) in [5.41, 5.74) is 0. The lowest BCUT2D eigenvalue weighted by molar-refractivity contribution is -0.167. The Bertz CT molecular complexity index is 1420. The maximum atomic E-state index is 12.9. The number of rotatable bonds is 61. The molecular formula is C71H126O6. The van der Waals surface area contributed by atoms with Crippen molar-refractivity contribution < 1.29 is 28.6 Å². The fourth-order valence-corrected chi connectivity index (χ4v) is 9.74. The van der Waals surface area contributed by atoms with Gasteiger partial charge in [-0.15, -0.1) is 0 Å². The first-order valence-corrected chi connectivity index (χ1v) is 33.4. The Morgan fingerprint density at radius 3 is 0.792 bits per heavy atom. The fourth-order valence-electron chi connectivity index (χ4n) is 9.74. The van der Waals surface area contributed by atoms with Crippen molar-refractivity contribution >= 4 is 17.9 Å². The van der Waals surface area contributed by atoms with Crippen LogP contribution in [0.3, 0.4) is 0 Å². The molecule has 0 saturated carbocycles. The van der Waals surface area contributed by atoms with E-state index in [1.165, 1.54) is 205 Å². The van der Waals surface area contributed by atoms with Gasteiger partial charge in [0.1, 0.15) is 13.2 Å². The fraction of sp³-hybridized carbons (Fsp3) is 0.789. The Hall–Kier alpha value is -3.15. The first-order valence-electron chi connectivity index (χ1n) is 33.4. The Morgan fingerprint density at radius 1 is 0.273 bits per heavy atom. The maximum absolute atomic E-state index is 12.9. The van der Waals surface area contributed by atoms with Crippen LogP contribution in [0.5, 0.6) is 0 Å². The van der Waals surface area contributed by atoms with Gasteiger partial charge in [-0.25, -0.2) is 0 Å². The zero-order valence-electron chi connectivity index (χ0n) is 51.2. The topological polar surface area (TPSA) is 78.9 Å². The summed E-state index contributed by atoms with van der Waals surface area (Å²) in [6.07, 6.45) is 85.1. The molecule has 6 nitrogen and oxygen atoms in total. The molecule has 0 spiro atoms. The summed E-state index contributed by atoms with van der Waals surface area (Å²) in [6.45, 7) is 6.52. The largest absolute Gasteiger partial charge is 0.462 e. The lowest BCUT2D eigenvalue weighted by Gasteiger charge is -2.18. The number of allylic oxidation sites excluding steroid dienone is 12. The third-order valence-corrected chi connectivity index (χ3v) is 14.7. The monoisotopic (exact) mass is 1070 g/mol. The number of unbranched alkanes of at least 4 members (excludes halogenated alkanes) is 38. The Balaban J connectivity index is 4.22. The quantitative estimate of drug-likeness (QED) is 0.0261. The van der Waals surface area contributed by atoms with E-state index in [2.05, 4.69) is 93.7 Å². The second-order valence-electron chi connectivity index (χ2n) is 22.4. The summed E-state index contributed by atoms with van der Waals surface area (Å²) in [5, 5.41) is 0. The van der Waals surface area contributed by atoms with E-state index in [1.807, 2.05) is 0 Å². The normalized spacial score (nSPS) is 12.5. The van der Waals surface area contributed by atoms with Gasteiger partial charge in [-0.1, -0.05) is 325 Å². The maximum Gasteiger partial charge on any atom is 0.306 e. The Morgan fingerprint density at radius 2 is 0.506 bits per heavy atom. The molecule has 0 aromatic carbocycles. The van der Waals surface area contributed by atoms with Gasteiger partial charge in [-0.2, -0.15) is 0 Å². The van der Waals surface area contributed by atoms with Crippen LogP contribution in [0.4, 0.5) is 0 Å². The van der Waals surface area contributed by atoms with Gasteiger partial charge in [-0.05, 0) is 70.6 Å². The van der Waals surface area contributed by atoms with Crippen molar-refractivity contribution in [3.05, 3.63) is 72.9 Å². The van der Waals surface area contributed by atoms with Gasteiger partial charge >= 0.3 is 17.9 Å². The highest BCUT2D eigenvalue weighted by atomic mass is 16.6. The third kappa shape index (κ3) is 63.6. The van der Waals surface area contributed by atoms with E-state index in [-0.39, 0.29) is 37.5 Å². The second kappa shape index (κ2) is 65.4. The third-order valence-electron chi connectivity index (χ3n) is 14.7. The highest BCUT2D eigenvalue weighted by molar-refractivity contribution is 5.71. The minimum atomic E-state index is -0.796. The summed E-state index contributed by atoms with van der Waals surface area (Å²) < 4.78 is 16.9. The lowest BCUT2D eigenvalue weighted by atomic mass is 10.0. The molecule has 0 aromatic heterocycles. The number of hydrogen-bond donors (Lipinski definition) is 0. The summed E-state index contributed by atoms with van der Waals surface area (Å²) in [7, 11) is 0. The SMILES string of the molecule is CC/C=C\C/C=C\C/C=C\C/C=C\C/C=C\C/C=C\CCCCC(=O)OC(COC(=O)CCCCCCCCCCCC)COC(=O)CCCCCCCCCCCCCCCCCCCCCCCCCCCCCC. The van der Waals surface area contributed by atoms with Crippen LogP contribution < -0.4 is 0 Å². The molecule has 6 heteroatoms. The van der Waals surface area contributed by atoms with Crippen molar-refractivity contribution in [3.63, 3.8) is 0 Å². The number of carbonyl (C=O) groups is 3. The average Bonchev–Trinajstić information content (AvgIpc) is 3.43. The van der Waals surface area contributed by atoms with Crippen LogP contribution in [-0.4, -0.2) is 37.2 Å². The minimum absolute atomic E-state index is 0.0891. The molecular weight excluding hydrogens is 949 g/mol. The van der Waals surface area contributed by atoms with Crippen molar-refractivity contribution in [2.75, 3.05) is 13.2 Å². The molecule has 446 valence electrons. The summed E-state index contributed by atoms with van der Waals surface area (Å²) in [5.74, 6) is -0.918. The van der Waals surface area contributed by atoms with Gasteiger partial charge in [-0.3, -0.25) is 14.4 Å².